The topological polar surface area (TPSA) is 128 Å². The second-order valence-corrected chi connectivity index (χ2v) is 9.47. The first kappa shape index (κ1) is 29.2. The molecule has 186 valence electrons. The Morgan fingerprint density at radius 3 is 2.61 bits per heavy atom. The van der Waals surface area contributed by atoms with Crippen LogP contribution in [0.15, 0.2) is 4.76 Å². The molecule has 2 N–H and O–H groups in total. The lowest BCUT2D eigenvalue weighted by Crippen LogP contribution is -2.49. The van der Waals surface area contributed by atoms with Crippen molar-refractivity contribution in [3.63, 3.8) is 0 Å². The molecule has 1 heterocycles. The Morgan fingerprint density at radius 2 is 2.00 bits per heavy atom. The fourth-order valence-electron chi connectivity index (χ4n) is 3.27. The molecule has 1 rings (SSSR count). The second-order valence-electron chi connectivity index (χ2n) is 7.86. The summed E-state index contributed by atoms with van der Waals surface area (Å²) in [7, 11) is 6.98. The molecule has 0 radical (unpaired) electrons. The molecule has 3 unspecified atom stereocenters. The molecular formula is C21H36N5O5PS. The van der Waals surface area contributed by atoms with Crippen LogP contribution in [0.25, 0.3) is 0 Å². The number of unbranched alkanes of at least 4 members (excludes halogenated alkanes) is 2. The van der Waals surface area contributed by atoms with Crippen LogP contribution in [0.1, 0.15) is 44.9 Å². The summed E-state index contributed by atoms with van der Waals surface area (Å²) in [6.45, 7) is 0.983. The number of thioether (sulfide) groups is 1. The lowest BCUT2D eigenvalue weighted by atomic mass is 10.1. The molecule has 0 saturated carbocycles. The summed E-state index contributed by atoms with van der Waals surface area (Å²) >= 11 is 1.48. The summed E-state index contributed by atoms with van der Waals surface area (Å²) in [5.41, 5.74) is 0. The third-order valence-electron chi connectivity index (χ3n) is 5.38. The van der Waals surface area contributed by atoms with Gasteiger partial charge in [-0.05, 0) is 35.0 Å². The molecule has 0 bridgehead atoms. The predicted molar refractivity (Wildman–Crippen MR) is 133 cm³/mol. The van der Waals surface area contributed by atoms with Crippen LogP contribution < -0.4 is 10.6 Å². The normalized spacial score (nSPS) is 17.0. The van der Waals surface area contributed by atoms with Crippen molar-refractivity contribution < 1.29 is 24.0 Å². The number of hydrogen-bond acceptors (Lipinski definition) is 8. The van der Waals surface area contributed by atoms with E-state index in [0.717, 1.165) is 18.6 Å². The monoisotopic (exact) mass is 501 g/mol. The highest BCUT2D eigenvalue weighted by Gasteiger charge is 2.36. The number of carbonyl (C=O) groups is 5. The third kappa shape index (κ3) is 10.3. The van der Waals surface area contributed by atoms with E-state index in [2.05, 4.69) is 24.8 Å². The molecule has 0 aliphatic carbocycles. The van der Waals surface area contributed by atoms with Crippen LogP contribution in [0.4, 0.5) is 0 Å². The Balaban J connectivity index is 2.46. The van der Waals surface area contributed by atoms with Gasteiger partial charge in [0, 0.05) is 59.1 Å². The first-order valence-electron chi connectivity index (χ1n) is 11.1. The molecule has 4 amide bonds. The molecule has 0 aromatic rings. The van der Waals surface area contributed by atoms with Gasteiger partial charge in [0.05, 0.1) is 5.25 Å². The predicted octanol–water partition coefficient (Wildman–Crippen LogP) is 0.410. The van der Waals surface area contributed by atoms with Crippen molar-refractivity contribution >= 4 is 56.8 Å². The summed E-state index contributed by atoms with van der Waals surface area (Å²) in [5, 5.41) is 5.39. The van der Waals surface area contributed by atoms with E-state index in [9.17, 15) is 24.0 Å². The number of hydrogen-bond donors (Lipinski definition) is 2. The molecule has 33 heavy (non-hydrogen) atoms. The third-order valence-corrected chi connectivity index (χ3v) is 6.88. The Hall–Kier alpha value is -1.84. The van der Waals surface area contributed by atoms with E-state index in [1.807, 2.05) is 0 Å². The van der Waals surface area contributed by atoms with E-state index >= 15 is 0 Å². The van der Waals surface area contributed by atoms with Gasteiger partial charge in [0.15, 0.2) is 0 Å². The van der Waals surface area contributed by atoms with Crippen LogP contribution in [0.5, 0.6) is 0 Å². The number of nitrogens with one attached hydrogen (secondary N) is 2. The van der Waals surface area contributed by atoms with Crippen LogP contribution in [0.2, 0.25) is 0 Å². The maximum Gasteiger partial charge on any atom is 0.243 e. The molecule has 12 heteroatoms. The van der Waals surface area contributed by atoms with E-state index < -0.39 is 6.04 Å². The number of ketones is 1. The molecule has 3 atom stereocenters. The molecule has 10 nitrogen and oxygen atoms in total. The standard InChI is InChI=1S/C21H36N5O5PS/c1-22-10-11-23-20(30)16(13-15(27)8-9-24-32)25(2)18(28)7-5-4-6-12-33-17-14-19(29)26(3)21(17)31/h9,16-17,22H,4-8,10-14,32H2,1-3H3,(H,23,30). The maximum atomic E-state index is 12.7. The van der Waals surface area contributed by atoms with Crippen molar-refractivity contribution in [2.75, 3.05) is 40.0 Å². The van der Waals surface area contributed by atoms with Crippen LogP contribution in [-0.2, 0) is 24.0 Å². The second kappa shape index (κ2) is 15.9. The zero-order chi connectivity index (χ0) is 24.8. The fraction of sp³-hybridized carbons (Fsp3) is 0.714. The highest BCUT2D eigenvalue weighted by atomic mass is 32.2. The van der Waals surface area contributed by atoms with Crippen LogP contribution >= 0.6 is 21.2 Å². The summed E-state index contributed by atoms with van der Waals surface area (Å²) in [5.74, 6) is -0.257. The van der Waals surface area contributed by atoms with Crippen molar-refractivity contribution in [2.45, 2.75) is 56.2 Å². The SMILES string of the molecule is CNCCNC(=O)C(CC(=O)CC=NP)N(C)C(=O)CCCCCSC1CC(=O)N(C)C1=O. The van der Waals surface area contributed by atoms with Crippen molar-refractivity contribution in [1.82, 2.24) is 20.4 Å². The molecule has 1 aliphatic heterocycles. The quantitative estimate of drug-likeness (QED) is 0.136. The van der Waals surface area contributed by atoms with Crippen LogP contribution in [0, 0.1) is 0 Å². The van der Waals surface area contributed by atoms with E-state index in [-0.39, 0.29) is 60.3 Å². The molecule has 1 saturated heterocycles. The van der Waals surface area contributed by atoms with E-state index in [4.69, 9.17) is 0 Å². The van der Waals surface area contributed by atoms with Gasteiger partial charge in [-0.3, -0.25) is 33.6 Å². The molecule has 0 spiro atoms. The van der Waals surface area contributed by atoms with Crippen molar-refractivity contribution in [1.29, 1.82) is 0 Å². The average molecular weight is 502 g/mol. The summed E-state index contributed by atoms with van der Waals surface area (Å²) in [6, 6.07) is -0.863. The first-order chi connectivity index (χ1) is 15.7. The Labute approximate surface area is 202 Å². The number of likely N-dealkylation sites (tertiary alicyclic amines) is 1. The van der Waals surface area contributed by atoms with Gasteiger partial charge >= 0.3 is 0 Å². The van der Waals surface area contributed by atoms with Crippen LogP contribution in [0.3, 0.4) is 0 Å². The molecular weight excluding hydrogens is 465 g/mol. The molecule has 1 fully saturated rings. The average Bonchev–Trinajstić information content (AvgIpc) is 3.04. The Bertz CT molecular complexity index is 736. The molecule has 0 aromatic heterocycles. The highest BCUT2D eigenvalue weighted by Crippen LogP contribution is 2.25. The van der Waals surface area contributed by atoms with Gasteiger partial charge in [0.25, 0.3) is 0 Å². The Kier molecular flexibility index (Phi) is 14.1. The maximum absolute atomic E-state index is 12.7. The van der Waals surface area contributed by atoms with Gasteiger partial charge in [0.2, 0.25) is 23.6 Å². The minimum atomic E-state index is -0.863. The van der Waals surface area contributed by atoms with E-state index in [1.165, 1.54) is 34.8 Å². The zero-order valence-corrected chi connectivity index (χ0v) is 21.6. The molecule has 1 aliphatic rings. The van der Waals surface area contributed by atoms with Crippen molar-refractivity contribution in [3.05, 3.63) is 0 Å². The number of carbonyl (C=O) groups excluding carboxylic acids is 5. The van der Waals surface area contributed by atoms with Gasteiger partial charge in [-0.25, -0.2) is 0 Å². The number of likely N-dealkylation sites (N-methyl/N-ethyl adjacent to an activating group) is 2. The van der Waals surface area contributed by atoms with Crippen LogP contribution in [-0.4, -0.2) is 96.7 Å². The number of imide groups is 1. The number of amides is 4. The Morgan fingerprint density at radius 1 is 1.27 bits per heavy atom. The first-order valence-corrected chi connectivity index (χ1v) is 12.6. The van der Waals surface area contributed by atoms with Gasteiger partial charge in [-0.2, -0.15) is 0 Å². The fourth-order valence-corrected chi connectivity index (χ4v) is 4.59. The minimum Gasteiger partial charge on any atom is -0.353 e. The molecule has 0 aromatic carbocycles. The summed E-state index contributed by atoms with van der Waals surface area (Å²) in [4.78, 5) is 63.5. The van der Waals surface area contributed by atoms with E-state index in [1.54, 1.807) is 14.1 Å². The van der Waals surface area contributed by atoms with Crippen molar-refractivity contribution in [2.24, 2.45) is 4.76 Å². The summed E-state index contributed by atoms with van der Waals surface area (Å²) in [6.07, 6.45) is 4.27. The largest absolute Gasteiger partial charge is 0.353 e. The van der Waals surface area contributed by atoms with Gasteiger partial charge in [-0.15, -0.1) is 11.8 Å². The van der Waals surface area contributed by atoms with E-state index in [0.29, 0.717) is 19.5 Å². The summed E-state index contributed by atoms with van der Waals surface area (Å²) < 4.78 is 3.71. The highest BCUT2D eigenvalue weighted by molar-refractivity contribution is 8.00. The van der Waals surface area contributed by atoms with Crippen molar-refractivity contribution in [3.8, 4) is 0 Å². The van der Waals surface area contributed by atoms with Gasteiger partial charge < -0.3 is 15.5 Å². The lowest BCUT2D eigenvalue weighted by molar-refractivity contribution is -0.140. The van der Waals surface area contributed by atoms with Gasteiger partial charge in [-0.1, -0.05) is 6.42 Å². The number of Topliss-reactive ketones (excluding diaryl/α,β-unsaturated/α-hetero) is 1. The lowest BCUT2D eigenvalue weighted by Gasteiger charge is -2.27. The zero-order valence-electron chi connectivity index (χ0n) is 19.7. The number of rotatable bonds is 16. The number of nitrogens with zero attached hydrogens (tertiary/aromatic N) is 3. The smallest absolute Gasteiger partial charge is 0.243 e. The van der Waals surface area contributed by atoms with Gasteiger partial charge in [0.1, 0.15) is 11.8 Å². The minimum absolute atomic E-state index is 0.0659.